The van der Waals surface area contributed by atoms with Crippen molar-refractivity contribution in [2.24, 2.45) is 0 Å². The van der Waals surface area contributed by atoms with Crippen LogP contribution in [0.5, 0.6) is 0 Å². The molecule has 0 N–H and O–H groups in total. The lowest BCUT2D eigenvalue weighted by atomic mass is 10.3. The molecule has 1 aromatic carbocycles. The maximum absolute atomic E-state index is 4.09. The molecule has 0 amide bonds. The minimum Gasteiger partial charge on any atom is -0.264 e. The maximum Gasteiger partial charge on any atom is 0.0311 e. The van der Waals surface area contributed by atoms with Crippen LogP contribution in [0.15, 0.2) is 58.2 Å². The minimum absolute atomic E-state index is 0.955. The molecule has 76 valence electrons. The third-order valence-electron chi connectivity index (χ3n) is 1.95. The van der Waals surface area contributed by atoms with Gasteiger partial charge in [0.15, 0.2) is 0 Å². The van der Waals surface area contributed by atoms with Crippen molar-refractivity contribution in [1.82, 2.24) is 4.98 Å². The van der Waals surface area contributed by atoms with Crippen LogP contribution in [-0.2, 0) is 5.75 Å². The number of hydrogen-bond acceptors (Lipinski definition) is 2. The van der Waals surface area contributed by atoms with E-state index in [4.69, 9.17) is 0 Å². The van der Waals surface area contributed by atoms with Crippen molar-refractivity contribution < 1.29 is 0 Å². The Kier molecular flexibility index (Phi) is 3.80. The zero-order valence-electron chi connectivity index (χ0n) is 8.06. The van der Waals surface area contributed by atoms with E-state index in [0.29, 0.717) is 0 Å². The maximum atomic E-state index is 4.09. The number of aromatic nitrogens is 1. The lowest BCUT2D eigenvalue weighted by Crippen LogP contribution is -1.82. The summed E-state index contributed by atoms with van der Waals surface area (Å²) in [6.45, 7) is 0. The van der Waals surface area contributed by atoms with Gasteiger partial charge in [-0.05, 0) is 39.7 Å². The Bertz CT molecular complexity index is 431. The summed E-state index contributed by atoms with van der Waals surface area (Å²) < 4.78 is 1.15. The van der Waals surface area contributed by atoms with Crippen LogP contribution in [0, 0.1) is 0 Å². The van der Waals surface area contributed by atoms with E-state index in [1.807, 2.05) is 30.1 Å². The number of nitrogens with zero attached hydrogens (tertiary/aromatic N) is 1. The molecular formula is C12H10BrNS. The van der Waals surface area contributed by atoms with Crippen LogP contribution in [0.2, 0.25) is 0 Å². The monoisotopic (exact) mass is 279 g/mol. The van der Waals surface area contributed by atoms with E-state index in [2.05, 4.69) is 45.2 Å². The van der Waals surface area contributed by atoms with Crippen molar-refractivity contribution in [3.8, 4) is 0 Å². The first-order valence-electron chi connectivity index (χ1n) is 4.62. The number of thioether (sulfide) groups is 1. The number of rotatable bonds is 3. The highest BCUT2D eigenvalue weighted by atomic mass is 79.9. The SMILES string of the molecule is Brc1ccccc1SCc1cccnc1. The molecule has 0 fully saturated rings. The molecule has 0 aliphatic rings. The van der Waals surface area contributed by atoms with Gasteiger partial charge in [-0.15, -0.1) is 11.8 Å². The van der Waals surface area contributed by atoms with Crippen molar-refractivity contribution >= 4 is 27.7 Å². The second-order valence-electron chi connectivity index (χ2n) is 3.08. The van der Waals surface area contributed by atoms with E-state index in [-0.39, 0.29) is 0 Å². The molecule has 0 saturated carbocycles. The molecule has 0 aliphatic heterocycles. The lowest BCUT2D eigenvalue weighted by Gasteiger charge is -2.03. The topological polar surface area (TPSA) is 12.9 Å². The van der Waals surface area contributed by atoms with E-state index in [1.54, 1.807) is 6.20 Å². The van der Waals surface area contributed by atoms with Crippen molar-refractivity contribution in [2.45, 2.75) is 10.6 Å². The third-order valence-corrected chi connectivity index (χ3v) is 4.05. The van der Waals surface area contributed by atoms with Crippen LogP contribution >= 0.6 is 27.7 Å². The standard InChI is InChI=1S/C12H10BrNS/c13-11-5-1-2-6-12(11)15-9-10-4-3-7-14-8-10/h1-8H,9H2. The van der Waals surface area contributed by atoms with Gasteiger partial charge >= 0.3 is 0 Å². The molecule has 15 heavy (non-hydrogen) atoms. The third kappa shape index (κ3) is 3.08. The van der Waals surface area contributed by atoms with Crippen molar-refractivity contribution in [3.05, 3.63) is 58.8 Å². The van der Waals surface area contributed by atoms with E-state index < -0.39 is 0 Å². The summed E-state index contributed by atoms with van der Waals surface area (Å²) in [7, 11) is 0. The predicted octanol–water partition coefficient (Wildman–Crippen LogP) is 4.14. The number of pyridine rings is 1. The quantitative estimate of drug-likeness (QED) is 0.784. The Labute approximate surface area is 102 Å². The van der Waals surface area contributed by atoms with Gasteiger partial charge in [0.05, 0.1) is 0 Å². The summed E-state index contributed by atoms with van der Waals surface area (Å²) in [6, 6.07) is 12.3. The summed E-state index contributed by atoms with van der Waals surface area (Å²) in [5.41, 5.74) is 1.25. The van der Waals surface area contributed by atoms with E-state index >= 15 is 0 Å². The van der Waals surface area contributed by atoms with Crippen LogP contribution in [0.1, 0.15) is 5.56 Å². The molecule has 1 heterocycles. The fraction of sp³-hybridized carbons (Fsp3) is 0.0833. The van der Waals surface area contributed by atoms with Gasteiger partial charge in [-0.2, -0.15) is 0 Å². The zero-order chi connectivity index (χ0) is 10.5. The molecule has 1 aromatic heterocycles. The van der Waals surface area contributed by atoms with Gasteiger partial charge in [0.2, 0.25) is 0 Å². The van der Waals surface area contributed by atoms with E-state index in [1.165, 1.54) is 10.5 Å². The average molecular weight is 280 g/mol. The largest absolute Gasteiger partial charge is 0.264 e. The van der Waals surface area contributed by atoms with Crippen molar-refractivity contribution in [1.29, 1.82) is 0 Å². The summed E-state index contributed by atoms with van der Waals surface area (Å²) in [5, 5.41) is 0. The molecule has 0 unspecified atom stereocenters. The van der Waals surface area contributed by atoms with Crippen LogP contribution < -0.4 is 0 Å². The summed E-state index contributed by atoms with van der Waals surface area (Å²) in [5.74, 6) is 0.955. The zero-order valence-corrected chi connectivity index (χ0v) is 10.5. The highest BCUT2D eigenvalue weighted by Gasteiger charge is 1.99. The highest BCUT2D eigenvalue weighted by Crippen LogP contribution is 2.29. The van der Waals surface area contributed by atoms with E-state index in [0.717, 1.165) is 10.2 Å². The normalized spacial score (nSPS) is 10.2. The molecule has 3 heteroatoms. The predicted molar refractivity (Wildman–Crippen MR) is 67.9 cm³/mol. The lowest BCUT2D eigenvalue weighted by molar-refractivity contribution is 1.25. The molecule has 0 bridgehead atoms. The number of hydrogen-bond donors (Lipinski definition) is 0. The fourth-order valence-corrected chi connectivity index (χ4v) is 2.71. The van der Waals surface area contributed by atoms with Gasteiger partial charge in [0, 0.05) is 27.5 Å². The molecule has 0 radical (unpaired) electrons. The second kappa shape index (κ2) is 5.33. The second-order valence-corrected chi connectivity index (χ2v) is 4.95. The smallest absolute Gasteiger partial charge is 0.0311 e. The van der Waals surface area contributed by atoms with Crippen LogP contribution in [0.4, 0.5) is 0 Å². The molecule has 0 aliphatic carbocycles. The van der Waals surface area contributed by atoms with Gasteiger partial charge in [0.25, 0.3) is 0 Å². The molecule has 1 nitrogen and oxygen atoms in total. The Balaban J connectivity index is 2.03. The molecule has 2 rings (SSSR count). The molecule has 2 aromatic rings. The van der Waals surface area contributed by atoms with Crippen LogP contribution in [-0.4, -0.2) is 4.98 Å². The molecule has 0 atom stereocenters. The molecular weight excluding hydrogens is 270 g/mol. The first-order chi connectivity index (χ1) is 7.36. The van der Waals surface area contributed by atoms with Crippen molar-refractivity contribution in [2.75, 3.05) is 0 Å². The van der Waals surface area contributed by atoms with E-state index in [9.17, 15) is 0 Å². The molecule has 0 spiro atoms. The van der Waals surface area contributed by atoms with Crippen molar-refractivity contribution in [3.63, 3.8) is 0 Å². The molecule has 0 saturated heterocycles. The van der Waals surface area contributed by atoms with Gasteiger partial charge in [-0.1, -0.05) is 18.2 Å². The first kappa shape index (κ1) is 10.7. The van der Waals surface area contributed by atoms with Gasteiger partial charge in [-0.3, -0.25) is 4.98 Å². The van der Waals surface area contributed by atoms with Gasteiger partial charge in [-0.25, -0.2) is 0 Å². The number of benzene rings is 1. The fourth-order valence-electron chi connectivity index (χ4n) is 1.21. The van der Waals surface area contributed by atoms with Crippen LogP contribution in [0.3, 0.4) is 0 Å². The summed E-state index contributed by atoms with van der Waals surface area (Å²) in [6.07, 6.45) is 3.70. The Hall–Kier alpha value is -0.800. The average Bonchev–Trinajstić information content (AvgIpc) is 2.29. The van der Waals surface area contributed by atoms with Gasteiger partial charge < -0.3 is 0 Å². The number of halogens is 1. The minimum atomic E-state index is 0.955. The van der Waals surface area contributed by atoms with Crippen LogP contribution in [0.25, 0.3) is 0 Å². The Morgan fingerprint density at radius 2 is 2.00 bits per heavy atom. The Morgan fingerprint density at radius 3 is 2.73 bits per heavy atom. The van der Waals surface area contributed by atoms with Gasteiger partial charge in [0.1, 0.15) is 0 Å². The summed E-state index contributed by atoms with van der Waals surface area (Å²) in [4.78, 5) is 5.36. The highest BCUT2D eigenvalue weighted by molar-refractivity contribution is 9.10. The first-order valence-corrected chi connectivity index (χ1v) is 6.40. The Morgan fingerprint density at radius 1 is 1.13 bits per heavy atom. The summed E-state index contributed by atoms with van der Waals surface area (Å²) >= 11 is 5.35.